The van der Waals surface area contributed by atoms with Crippen LogP contribution in [-0.4, -0.2) is 15.1 Å². The third-order valence-corrected chi connectivity index (χ3v) is 3.32. The van der Waals surface area contributed by atoms with Crippen LogP contribution in [0.3, 0.4) is 0 Å². The fraction of sp³-hybridized carbons (Fsp3) is 0. The maximum Gasteiger partial charge on any atom is 0.261 e. The molecule has 0 unspecified atom stereocenters. The summed E-state index contributed by atoms with van der Waals surface area (Å²) in [4.78, 5) is 8.39. The summed E-state index contributed by atoms with van der Waals surface area (Å²) in [5.41, 5.74) is 7.23. The van der Waals surface area contributed by atoms with Crippen LogP contribution < -0.4 is 5.73 Å². The largest absolute Gasteiger partial charge is 0.397 e. The molecular formula is C13H8Cl2N4O. The first-order valence-corrected chi connectivity index (χ1v) is 6.41. The van der Waals surface area contributed by atoms with Crippen LogP contribution >= 0.6 is 23.2 Å². The molecule has 0 saturated carbocycles. The second kappa shape index (κ2) is 5.11. The molecule has 2 N–H and O–H groups in total. The molecule has 20 heavy (non-hydrogen) atoms. The predicted molar refractivity (Wildman–Crippen MR) is 77.4 cm³/mol. The summed E-state index contributed by atoms with van der Waals surface area (Å²) < 4.78 is 5.20. The molecule has 0 aliphatic heterocycles. The van der Waals surface area contributed by atoms with Crippen molar-refractivity contribution in [2.45, 2.75) is 0 Å². The van der Waals surface area contributed by atoms with Crippen molar-refractivity contribution in [2.75, 3.05) is 5.73 Å². The highest BCUT2D eigenvalue weighted by atomic mass is 35.5. The van der Waals surface area contributed by atoms with Gasteiger partial charge in [0.15, 0.2) is 0 Å². The minimum Gasteiger partial charge on any atom is -0.397 e. The zero-order valence-corrected chi connectivity index (χ0v) is 11.6. The SMILES string of the molecule is Nc1c(Cl)ccc(Cl)c1-c1nc(-c2ccccn2)no1. The molecule has 0 radical (unpaired) electrons. The summed E-state index contributed by atoms with van der Waals surface area (Å²) in [6.45, 7) is 0. The van der Waals surface area contributed by atoms with E-state index in [2.05, 4.69) is 15.1 Å². The highest BCUT2D eigenvalue weighted by molar-refractivity contribution is 6.37. The Kier molecular flexibility index (Phi) is 3.30. The monoisotopic (exact) mass is 306 g/mol. The van der Waals surface area contributed by atoms with E-state index in [4.69, 9.17) is 33.5 Å². The fourth-order valence-electron chi connectivity index (χ4n) is 1.71. The van der Waals surface area contributed by atoms with Crippen molar-refractivity contribution in [3.05, 3.63) is 46.6 Å². The second-order valence-corrected chi connectivity index (χ2v) is 4.77. The van der Waals surface area contributed by atoms with Gasteiger partial charge in [-0.05, 0) is 24.3 Å². The van der Waals surface area contributed by atoms with E-state index in [1.54, 1.807) is 30.5 Å². The third-order valence-electron chi connectivity index (χ3n) is 2.68. The standard InChI is InChI=1S/C13H8Cl2N4O/c14-7-4-5-8(15)11(16)10(7)13-18-12(19-20-13)9-3-1-2-6-17-9/h1-6H,16H2. The number of halogens is 2. The van der Waals surface area contributed by atoms with Crippen LogP contribution in [0.25, 0.3) is 23.0 Å². The topological polar surface area (TPSA) is 77.8 Å². The van der Waals surface area contributed by atoms with Crippen molar-refractivity contribution in [2.24, 2.45) is 0 Å². The lowest BCUT2D eigenvalue weighted by molar-refractivity contribution is 0.432. The summed E-state index contributed by atoms with van der Waals surface area (Å²) in [6, 6.07) is 8.64. The molecule has 0 aliphatic rings. The van der Waals surface area contributed by atoms with Gasteiger partial charge in [0.1, 0.15) is 5.69 Å². The number of anilines is 1. The van der Waals surface area contributed by atoms with Crippen molar-refractivity contribution in [1.29, 1.82) is 0 Å². The number of benzene rings is 1. The molecule has 0 spiro atoms. The Bertz CT molecular complexity index is 758. The first-order chi connectivity index (χ1) is 9.66. The number of hydrogen-bond acceptors (Lipinski definition) is 5. The van der Waals surface area contributed by atoms with Gasteiger partial charge in [-0.25, -0.2) is 0 Å². The molecule has 2 heterocycles. The molecule has 5 nitrogen and oxygen atoms in total. The van der Waals surface area contributed by atoms with Gasteiger partial charge < -0.3 is 10.3 Å². The average molecular weight is 307 g/mol. The number of nitrogens with two attached hydrogens (primary N) is 1. The number of aromatic nitrogens is 3. The Hall–Kier alpha value is -2.11. The van der Waals surface area contributed by atoms with Crippen molar-refractivity contribution < 1.29 is 4.52 Å². The number of nitrogens with zero attached hydrogens (tertiary/aromatic N) is 3. The van der Waals surface area contributed by atoms with E-state index in [-0.39, 0.29) is 5.89 Å². The van der Waals surface area contributed by atoms with Gasteiger partial charge in [-0.1, -0.05) is 34.4 Å². The molecular weight excluding hydrogens is 299 g/mol. The van der Waals surface area contributed by atoms with E-state index in [9.17, 15) is 0 Å². The second-order valence-electron chi connectivity index (χ2n) is 3.96. The van der Waals surface area contributed by atoms with Gasteiger partial charge in [0.25, 0.3) is 5.89 Å². The van der Waals surface area contributed by atoms with Crippen LogP contribution in [0.1, 0.15) is 0 Å². The van der Waals surface area contributed by atoms with Gasteiger partial charge in [0.05, 0.1) is 21.3 Å². The first-order valence-electron chi connectivity index (χ1n) is 5.66. The minimum atomic E-state index is 0.204. The zero-order valence-electron chi connectivity index (χ0n) is 10.0. The molecule has 0 bridgehead atoms. The lowest BCUT2D eigenvalue weighted by atomic mass is 10.2. The van der Waals surface area contributed by atoms with E-state index in [0.717, 1.165) is 0 Å². The third kappa shape index (κ3) is 2.21. The summed E-state index contributed by atoms with van der Waals surface area (Å²) in [5, 5.41) is 4.64. The molecule has 0 fully saturated rings. The van der Waals surface area contributed by atoms with E-state index in [0.29, 0.717) is 32.8 Å². The van der Waals surface area contributed by atoms with Gasteiger partial charge in [-0.15, -0.1) is 0 Å². The van der Waals surface area contributed by atoms with Crippen molar-refractivity contribution >= 4 is 28.9 Å². The van der Waals surface area contributed by atoms with Crippen LogP contribution in [0.15, 0.2) is 41.1 Å². The quantitative estimate of drug-likeness (QED) is 0.731. The van der Waals surface area contributed by atoms with Crippen LogP contribution in [0.4, 0.5) is 5.69 Å². The molecule has 3 aromatic rings. The van der Waals surface area contributed by atoms with Gasteiger partial charge in [-0.2, -0.15) is 4.98 Å². The fourth-order valence-corrected chi connectivity index (χ4v) is 2.11. The minimum absolute atomic E-state index is 0.204. The Labute approximate surface area is 124 Å². The Balaban J connectivity index is 2.10. The number of hydrogen-bond donors (Lipinski definition) is 1. The molecule has 0 amide bonds. The lowest BCUT2D eigenvalue weighted by Gasteiger charge is -2.04. The van der Waals surface area contributed by atoms with Gasteiger partial charge >= 0.3 is 0 Å². The highest BCUT2D eigenvalue weighted by Gasteiger charge is 2.18. The highest BCUT2D eigenvalue weighted by Crippen LogP contribution is 2.37. The van der Waals surface area contributed by atoms with Crippen LogP contribution in [0.5, 0.6) is 0 Å². The lowest BCUT2D eigenvalue weighted by Crippen LogP contribution is -1.93. The molecule has 2 aromatic heterocycles. The summed E-state index contributed by atoms with van der Waals surface area (Å²) in [5.74, 6) is 0.562. The maximum absolute atomic E-state index is 6.11. The van der Waals surface area contributed by atoms with Gasteiger partial charge in [0.2, 0.25) is 5.82 Å². The summed E-state index contributed by atoms with van der Waals surface area (Å²) in [6.07, 6.45) is 1.64. The molecule has 0 atom stereocenters. The first kappa shape index (κ1) is 12.9. The average Bonchev–Trinajstić information content (AvgIpc) is 2.94. The predicted octanol–water partition coefficient (Wildman–Crippen LogP) is 3.69. The summed E-state index contributed by atoms with van der Waals surface area (Å²) >= 11 is 12.1. The number of rotatable bonds is 2. The van der Waals surface area contributed by atoms with E-state index < -0.39 is 0 Å². The summed E-state index contributed by atoms with van der Waals surface area (Å²) in [7, 11) is 0. The molecule has 0 saturated heterocycles. The molecule has 7 heteroatoms. The van der Waals surface area contributed by atoms with Crippen molar-refractivity contribution in [3.63, 3.8) is 0 Å². The van der Waals surface area contributed by atoms with Crippen molar-refractivity contribution in [3.8, 4) is 23.0 Å². The van der Waals surface area contributed by atoms with E-state index in [1.807, 2.05) is 6.07 Å². The van der Waals surface area contributed by atoms with E-state index >= 15 is 0 Å². The smallest absolute Gasteiger partial charge is 0.261 e. The molecule has 1 aromatic carbocycles. The molecule has 0 aliphatic carbocycles. The Morgan fingerprint density at radius 1 is 1.05 bits per heavy atom. The molecule has 100 valence electrons. The zero-order chi connectivity index (χ0) is 14.1. The van der Waals surface area contributed by atoms with Crippen LogP contribution in [0, 0.1) is 0 Å². The maximum atomic E-state index is 6.11. The van der Waals surface area contributed by atoms with Crippen LogP contribution in [-0.2, 0) is 0 Å². The van der Waals surface area contributed by atoms with Crippen LogP contribution in [0.2, 0.25) is 10.0 Å². The Morgan fingerprint density at radius 2 is 1.85 bits per heavy atom. The van der Waals surface area contributed by atoms with E-state index in [1.165, 1.54) is 0 Å². The number of pyridine rings is 1. The van der Waals surface area contributed by atoms with Gasteiger partial charge in [-0.3, -0.25) is 4.98 Å². The van der Waals surface area contributed by atoms with Crippen molar-refractivity contribution in [1.82, 2.24) is 15.1 Å². The normalized spacial score (nSPS) is 10.7. The Morgan fingerprint density at radius 3 is 2.60 bits per heavy atom. The van der Waals surface area contributed by atoms with Gasteiger partial charge in [0, 0.05) is 6.20 Å². The number of nitrogen functional groups attached to an aromatic ring is 1. The molecule has 3 rings (SSSR count).